The first-order valence-electron chi connectivity index (χ1n) is 8.03. The number of rotatable bonds is 7. The van der Waals surface area contributed by atoms with Crippen LogP contribution in [0.4, 0.5) is 0 Å². The number of halogens is 1. The van der Waals surface area contributed by atoms with Gasteiger partial charge in [0.1, 0.15) is 0 Å². The fourth-order valence-corrected chi connectivity index (χ4v) is 4.06. The molecule has 0 aliphatic carbocycles. The van der Waals surface area contributed by atoms with Gasteiger partial charge in [-0.3, -0.25) is 0 Å². The van der Waals surface area contributed by atoms with Gasteiger partial charge < -0.3 is 4.57 Å². The number of imidazole rings is 1. The van der Waals surface area contributed by atoms with Gasteiger partial charge in [-0.1, -0.05) is 42.6 Å². The normalized spacial score (nSPS) is 12.2. The summed E-state index contributed by atoms with van der Waals surface area (Å²) < 4.78 is 2.36. The van der Waals surface area contributed by atoms with Crippen LogP contribution in [0.15, 0.2) is 18.5 Å². The minimum absolute atomic E-state index is 0.343. The quantitative estimate of drug-likeness (QED) is 0.591. The van der Waals surface area contributed by atoms with Crippen LogP contribution < -0.4 is 0 Å². The number of fused-ring (bicyclic) bond motifs is 1. The average molecular weight is 351 g/mol. The molecule has 3 heteroatoms. The third-order valence-electron chi connectivity index (χ3n) is 4.59. The lowest BCUT2D eigenvalue weighted by molar-refractivity contribution is 0.236. The monoisotopic (exact) mass is 350 g/mol. The van der Waals surface area contributed by atoms with Gasteiger partial charge in [0.15, 0.2) is 0 Å². The number of nitrogens with zero attached hydrogens (tertiary/aromatic N) is 2. The van der Waals surface area contributed by atoms with E-state index in [0.29, 0.717) is 5.41 Å². The maximum absolute atomic E-state index is 4.61. The fraction of sp³-hybridized carbons (Fsp3) is 0.611. The van der Waals surface area contributed by atoms with Crippen LogP contribution in [0.1, 0.15) is 50.7 Å². The Morgan fingerprint density at radius 1 is 1.10 bits per heavy atom. The molecule has 1 heterocycles. The summed E-state index contributed by atoms with van der Waals surface area (Å²) in [5.74, 6) is 0. The lowest BCUT2D eigenvalue weighted by atomic mass is 9.81. The van der Waals surface area contributed by atoms with Gasteiger partial charge in [-0.25, -0.2) is 4.98 Å². The van der Waals surface area contributed by atoms with Crippen LogP contribution in [0.5, 0.6) is 0 Å². The van der Waals surface area contributed by atoms with Gasteiger partial charge in [0.2, 0.25) is 0 Å². The van der Waals surface area contributed by atoms with Crippen molar-refractivity contribution in [1.29, 1.82) is 0 Å². The Morgan fingerprint density at radius 3 is 2.29 bits per heavy atom. The van der Waals surface area contributed by atoms with Gasteiger partial charge >= 0.3 is 0 Å². The van der Waals surface area contributed by atoms with Crippen molar-refractivity contribution in [2.45, 2.75) is 59.9 Å². The summed E-state index contributed by atoms with van der Waals surface area (Å²) >= 11 is 3.78. The lowest BCUT2D eigenvalue weighted by Gasteiger charge is -2.32. The van der Waals surface area contributed by atoms with E-state index in [4.69, 9.17) is 0 Å². The minimum Gasteiger partial charge on any atom is -0.330 e. The molecule has 0 bridgehead atoms. The summed E-state index contributed by atoms with van der Waals surface area (Å²) in [4.78, 5) is 4.61. The minimum atomic E-state index is 0.343. The Bertz CT molecular complexity index is 595. The first kappa shape index (κ1) is 16.5. The summed E-state index contributed by atoms with van der Waals surface area (Å²) in [5.41, 5.74) is 5.40. The highest BCUT2D eigenvalue weighted by Crippen LogP contribution is 2.35. The van der Waals surface area contributed by atoms with E-state index >= 15 is 0 Å². The second kappa shape index (κ2) is 6.95. The summed E-state index contributed by atoms with van der Waals surface area (Å²) in [6.07, 6.45) is 7.01. The van der Waals surface area contributed by atoms with Crippen molar-refractivity contribution < 1.29 is 0 Å². The molecule has 1 aromatic heterocycles. The van der Waals surface area contributed by atoms with E-state index < -0.39 is 0 Å². The maximum atomic E-state index is 4.61. The Balaban J connectivity index is 2.38. The fourth-order valence-electron chi connectivity index (χ4n) is 3.32. The molecule has 1 aromatic carbocycles. The SMILES string of the molecule is CCCC(CBr)(CCC)Cn1cnc2cc(C)c(C)cc21. The smallest absolute Gasteiger partial charge is 0.0958 e. The molecule has 0 saturated carbocycles. The van der Waals surface area contributed by atoms with Crippen LogP contribution in [0.3, 0.4) is 0 Å². The van der Waals surface area contributed by atoms with E-state index in [1.165, 1.54) is 42.3 Å². The third kappa shape index (κ3) is 3.50. The summed E-state index contributed by atoms with van der Waals surface area (Å²) in [6.45, 7) is 9.96. The highest BCUT2D eigenvalue weighted by molar-refractivity contribution is 9.09. The summed E-state index contributed by atoms with van der Waals surface area (Å²) in [6, 6.07) is 4.49. The predicted molar refractivity (Wildman–Crippen MR) is 95.3 cm³/mol. The number of aromatic nitrogens is 2. The first-order chi connectivity index (χ1) is 10.0. The number of alkyl halides is 1. The molecule has 0 atom stereocenters. The predicted octanol–water partition coefficient (Wildman–Crippen LogP) is 5.63. The second-order valence-corrected chi connectivity index (χ2v) is 6.99. The molecule has 0 saturated heterocycles. The Hall–Kier alpha value is -0.830. The first-order valence-corrected chi connectivity index (χ1v) is 9.15. The van der Waals surface area contributed by atoms with Crippen LogP contribution in [0.2, 0.25) is 0 Å². The van der Waals surface area contributed by atoms with Gasteiger partial charge in [0, 0.05) is 11.9 Å². The van der Waals surface area contributed by atoms with Crippen molar-refractivity contribution in [1.82, 2.24) is 9.55 Å². The maximum Gasteiger partial charge on any atom is 0.0958 e. The molecular weight excluding hydrogens is 324 g/mol. The molecule has 0 radical (unpaired) electrons. The second-order valence-electron chi connectivity index (χ2n) is 6.43. The number of aryl methyl sites for hydroxylation is 2. The number of benzene rings is 1. The topological polar surface area (TPSA) is 17.8 Å². The highest BCUT2D eigenvalue weighted by atomic mass is 79.9. The molecule has 2 rings (SSSR count). The van der Waals surface area contributed by atoms with Crippen LogP contribution in [-0.2, 0) is 6.54 Å². The third-order valence-corrected chi connectivity index (χ3v) is 5.78. The molecular formula is C18H27BrN2. The molecule has 21 heavy (non-hydrogen) atoms. The molecule has 0 spiro atoms. The van der Waals surface area contributed by atoms with Crippen molar-refractivity contribution in [3.63, 3.8) is 0 Å². The van der Waals surface area contributed by atoms with Gasteiger partial charge in [-0.2, -0.15) is 0 Å². The molecule has 0 unspecified atom stereocenters. The van der Waals surface area contributed by atoms with Gasteiger partial charge in [-0.15, -0.1) is 0 Å². The van der Waals surface area contributed by atoms with Gasteiger partial charge in [0.05, 0.1) is 17.4 Å². The highest BCUT2D eigenvalue weighted by Gasteiger charge is 2.28. The van der Waals surface area contributed by atoms with Crippen LogP contribution in [-0.4, -0.2) is 14.9 Å². The van der Waals surface area contributed by atoms with Gasteiger partial charge in [0.25, 0.3) is 0 Å². The van der Waals surface area contributed by atoms with Gasteiger partial charge in [-0.05, 0) is 55.4 Å². The van der Waals surface area contributed by atoms with Crippen molar-refractivity contribution >= 4 is 27.0 Å². The van der Waals surface area contributed by atoms with Crippen molar-refractivity contribution in [2.24, 2.45) is 5.41 Å². The van der Waals surface area contributed by atoms with E-state index in [9.17, 15) is 0 Å². The summed E-state index contributed by atoms with van der Waals surface area (Å²) in [7, 11) is 0. The number of hydrogen-bond donors (Lipinski definition) is 0. The molecule has 116 valence electrons. The van der Waals surface area contributed by atoms with E-state index in [1.54, 1.807) is 0 Å². The van der Waals surface area contributed by atoms with E-state index in [1.807, 2.05) is 6.33 Å². The van der Waals surface area contributed by atoms with E-state index in [2.05, 4.69) is 65.3 Å². The van der Waals surface area contributed by atoms with Crippen molar-refractivity contribution in [2.75, 3.05) is 5.33 Å². The molecule has 0 amide bonds. The number of hydrogen-bond acceptors (Lipinski definition) is 1. The molecule has 0 fully saturated rings. The average Bonchev–Trinajstić information content (AvgIpc) is 2.82. The van der Waals surface area contributed by atoms with Crippen LogP contribution in [0.25, 0.3) is 11.0 Å². The Morgan fingerprint density at radius 2 is 1.71 bits per heavy atom. The summed E-state index contributed by atoms with van der Waals surface area (Å²) in [5, 5.41) is 1.06. The zero-order valence-corrected chi connectivity index (χ0v) is 15.3. The zero-order chi connectivity index (χ0) is 15.5. The van der Waals surface area contributed by atoms with Crippen LogP contribution in [0, 0.1) is 19.3 Å². The zero-order valence-electron chi connectivity index (χ0n) is 13.7. The van der Waals surface area contributed by atoms with Crippen molar-refractivity contribution in [3.05, 3.63) is 29.6 Å². The molecule has 0 aliphatic rings. The van der Waals surface area contributed by atoms with Crippen molar-refractivity contribution in [3.8, 4) is 0 Å². The largest absolute Gasteiger partial charge is 0.330 e. The van der Waals surface area contributed by atoms with E-state index in [-0.39, 0.29) is 0 Å². The Kier molecular flexibility index (Phi) is 5.48. The molecule has 0 aliphatic heterocycles. The standard InChI is InChI=1S/C18H27BrN2/c1-5-7-18(11-19,8-6-2)12-21-13-20-16-9-14(3)15(4)10-17(16)21/h9-10,13H,5-8,11-12H2,1-4H3. The molecule has 2 aromatic rings. The Labute approximate surface area is 137 Å². The van der Waals surface area contributed by atoms with E-state index in [0.717, 1.165) is 17.4 Å². The lowest BCUT2D eigenvalue weighted by Crippen LogP contribution is -2.28. The molecule has 2 nitrogen and oxygen atoms in total. The van der Waals surface area contributed by atoms with Crippen LogP contribution >= 0.6 is 15.9 Å². The molecule has 0 N–H and O–H groups in total.